The Hall–Kier alpha value is -2.64. The monoisotopic (exact) mass is 307 g/mol. The summed E-state index contributed by atoms with van der Waals surface area (Å²) in [4.78, 5) is 14.5. The zero-order valence-corrected chi connectivity index (χ0v) is 11.5. The van der Waals surface area contributed by atoms with Gasteiger partial charge in [-0.05, 0) is 12.5 Å². The lowest BCUT2D eigenvalue weighted by Gasteiger charge is -2.32. The Morgan fingerprint density at radius 3 is 2.50 bits per heavy atom. The van der Waals surface area contributed by atoms with E-state index in [0.29, 0.717) is 10.5 Å². The van der Waals surface area contributed by atoms with Crippen LogP contribution in [0.4, 0.5) is 19.0 Å². The zero-order chi connectivity index (χ0) is 15.7. The van der Waals surface area contributed by atoms with E-state index in [2.05, 4.69) is 19.9 Å². The summed E-state index contributed by atoms with van der Waals surface area (Å²) < 4.78 is 40.8. The number of nitrogens with one attached hydrogen (secondary N) is 1. The molecule has 22 heavy (non-hydrogen) atoms. The average Bonchev–Trinajstić information content (AvgIpc) is 2.96. The van der Waals surface area contributed by atoms with E-state index in [4.69, 9.17) is 0 Å². The van der Waals surface area contributed by atoms with E-state index >= 15 is 0 Å². The van der Waals surface area contributed by atoms with Crippen molar-refractivity contribution >= 4 is 17.0 Å². The number of aromatic amines is 1. The van der Waals surface area contributed by atoms with Gasteiger partial charge in [0.2, 0.25) is 0 Å². The fourth-order valence-electron chi connectivity index (χ4n) is 2.34. The molecule has 0 aliphatic carbocycles. The van der Waals surface area contributed by atoms with Crippen molar-refractivity contribution in [2.45, 2.75) is 19.3 Å². The maximum Gasteiger partial charge on any atom is 0.486 e. The Morgan fingerprint density at radius 1 is 1.09 bits per heavy atom. The van der Waals surface area contributed by atoms with E-state index in [1.54, 1.807) is 30.3 Å². The second-order valence-electron chi connectivity index (χ2n) is 4.72. The van der Waals surface area contributed by atoms with E-state index in [9.17, 15) is 13.2 Å². The van der Waals surface area contributed by atoms with Gasteiger partial charge in [0.15, 0.2) is 11.5 Å². The predicted molar refractivity (Wildman–Crippen MR) is 75.1 cm³/mol. The van der Waals surface area contributed by atoms with Gasteiger partial charge in [-0.2, -0.15) is 13.2 Å². The number of aromatic nitrogens is 4. The molecule has 1 unspecified atom stereocenters. The van der Waals surface area contributed by atoms with Gasteiger partial charge in [-0.1, -0.05) is 30.3 Å². The van der Waals surface area contributed by atoms with Crippen molar-refractivity contribution in [2.75, 3.05) is 4.90 Å². The van der Waals surface area contributed by atoms with Crippen molar-refractivity contribution < 1.29 is 13.2 Å². The van der Waals surface area contributed by atoms with Gasteiger partial charge in [-0.15, -0.1) is 0 Å². The largest absolute Gasteiger partial charge is 0.486 e. The Morgan fingerprint density at radius 2 is 1.82 bits per heavy atom. The first-order valence-corrected chi connectivity index (χ1v) is 6.53. The number of halogens is 3. The molecule has 0 saturated heterocycles. The van der Waals surface area contributed by atoms with E-state index in [0.717, 1.165) is 6.33 Å². The Kier molecular flexibility index (Phi) is 3.44. The summed E-state index contributed by atoms with van der Waals surface area (Å²) in [6.45, 7) is 1.48. The lowest BCUT2D eigenvalue weighted by molar-refractivity contribution is -0.134. The van der Waals surface area contributed by atoms with Gasteiger partial charge in [0.05, 0.1) is 12.4 Å². The number of alkyl halides is 3. The van der Waals surface area contributed by atoms with Crippen LogP contribution in [-0.4, -0.2) is 26.2 Å². The topological polar surface area (TPSA) is 57.7 Å². The minimum absolute atomic E-state index is 0.155. The van der Waals surface area contributed by atoms with Gasteiger partial charge < -0.3 is 4.98 Å². The summed E-state index contributed by atoms with van der Waals surface area (Å²) in [7, 11) is 0. The molecule has 3 aromatic rings. The number of hydrogen-bond donors (Lipinski definition) is 1. The molecule has 1 N–H and O–H groups in total. The fraction of sp³-hybridized carbons (Fsp3) is 0.214. The van der Waals surface area contributed by atoms with Crippen molar-refractivity contribution in [3.63, 3.8) is 0 Å². The van der Waals surface area contributed by atoms with Gasteiger partial charge in [-0.3, -0.25) is 4.90 Å². The number of benzene rings is 1. The quantitative estimate of drug-likeness (QED) is 0.753. The molecule has 2 heterocycles. The van der Waals surface area contributed by atoms with E-state index in [1.807, 2.05) is 0 Å². The standard InChI is InChI=1S/C14H12F3N5/c1-9(10-5-3-2-4-6-10)22(14(15,16)17)13-11-12(19-7-18-11)20-8-21-13/h2-9H,1H3,(H,18,19,20,21). The number of nitrogens with zero attached hydrogens (tertiary/aromatic N) is 4. The highest BCUT2D eigenvalue weighted by Gasteiger charge is 2.43. The third kappa shape index (κ3) is 2.47. The van der Waals surface area contributed by atoms with Crippen LogP contribution in [-0.2, 0) is 0 Å². The molecule has 0 fully saturated rings. The van der Waals surface area contributed by atoms with Crippen molar-refractivity contribution in [3.05, 3.63) is 48.5 Å². The van der Waals surface area contributed by atoms with Crippen LogP contribution in [0, 0.1) is 0 Å². The first kappa shape index (κ1) is 14.3. The molecule has 0 amide bonds. The minimum atomic E-state index is -4.60. The zero-order valence-electron chi connectivity index (χ0n) is 11.5. The maximum absolute atomic E-state index is 13.6. The van der Waals surface area contributed by atoms with Gasteiger partial charge >= 0.3 is 6.30 Å². The maximum atomic E-state index is 13.6. The van der Waals surface area contributed by atoms with Crippen molar-refractivity contribution in [2.24, 2.45) is 0 Å². The number of fused-ring (bicyclic) bond motifs is 1. The molecular formula is C14H12F3N5. The molecule has 3 rings (SSSR count). The van der Waals surface area contributed by atoms with E-state index < -0.39 is 12.3 Å². The summed E-state index contributed by atoms with van der Waals surface area (Å²) in [5.74, 6) is -0.244. The van der Waals surface area contributed by atoms with Crippen molar-refractivity contribution in [1.82, 2.24) is 19.9 Å². The number of imidazole rings is 1. The second kappa shape index (κ2) is 5.28. The molecule has 2 aromatic heterocycles. The fourth-order valence-corrected chi connectivity index (χ4v) is 2.34. The van der Waals surface area contributed by atoms with Gasteiger partial charge in [0, 0.05) is 0 Å². The number of anilines is 1. The smallest absolute Gasteiger partial charge is 0.340 e. The molecule has 0 radical (unpaired) electrons. The molecule has 5 nitrogen and oxygen atoms in total. The molecule has 0 saturated carbocycles. The third-order valence-corrected chi connectivity index (χ3v) is 3.37. The first-order valence-electron chi connectivity index (χ1n) is 6.53. The van der Waals surface area contributed by atoms with Crippen LogP contribution >= 0.6 is 0 Å². The summed E-state index contributed by atoms with van der Waals surface area (Å²) in [6.07, 6.45) is -2.22. The van der Waals surface area contributed by atoms with Gasteiger partial charge in [0.25, 0.3) is 0 Å². The third-order valence-electron chi connectivity index (χ3n) is 3.37. The summed E-state index contributed by atoms with van der Waals surface area (Å²) in [5, 5.41) is 0. The number of H-pyrrole nitrogens is 1. The number of hydrogen-bond acceptors (Lipinski definition) is 4. The first-order chi connectivity index (χ1) is 10.5. The minimum Gasteiger partial charge on any atom is -0.340 e. The van der Waals surface area contributed by atoms with Crippen LogP contribution in [0.15, 0.2) is 43.0 Å². The lowest BCUT2D eigenvalue weighted by Crippen LogP contribution is -2.40. The van der Waals surface area contributed by atoms with Crippen LogP contribution in [0.3, 0.4) is 0 Å². The summed E-state index contributed by atoms with van der Waals surface area (Å²) >= 11 is 0. The molecule has 0 bridgehead atoms. The average molecular weight is 307 g/mol. The lowest BCUT2D eigenvalue weighted by atomic mass is 10.1. The van der Waals surface area contributed by atoms with Gasteiger partial charge in [0.1, 0.15) is 11.8 Å². The van der Waals surface area contributed by atoms with E-state index in [1.165, 1.54) is 13.3 Å². The van der Waals surface area contributed by atoms with Crippen LogP contribution < -0.4 is 4.90 Å². The highest BCUT2D eigenvalue weighted by molar-refractivity contribution is 5.83. The van der Waals surface area contributed by atoms with E-state index in [-0.39, 0.29) is 17.0 Å². The van der Waals surface area contributed by atoms with Crippen LogP contribution in [0.25, 0.3) is 11.2 Å². The van der Waals surface area contributed by atoms with Crippen LogP contribution in [0.2, 0.25) is 0 Å². The molecule has 1 atom stereocenters. The van der Waals surface area contributed by atoms with Gasteiger partial charge in [-0.25, -0.2) is 15.0 Å². The normalized spacial score (nSPS) is 13.3. The molecular weight excluding hydrogens is 295 g/mol. The highest BCUT2D eigenvalue weighted by atomic mass is 19.4. The summed E-state index contributed by atoms with van der Waals surface area (Å²) in [5.41, 5.74) is 0.883. The molecule has 0 spiro atoms. The predicted octanol–water partition coefficient (Wildman–Crippen LogP) is 3.44. The van der Waals surface area contributed by atoms with Crippen LogP contribution in [0.5, 0.6) is 0 Å². The Bertz CT molecular complexity index is 769. The van der Waals surface area contributed by atoms with Crippen LogP contribution in [0.1, 0.15) is 18.5 Å². The molecule has 8 heteroatoms. The Balaban J connectivity index is 2.14. The SMILES string of the molecule is CC(c1ccccc1)N(c1ncnc2nc[nH]c12)C(F)(F)F. The van der Waals surface area contributed by atoms with Crippen molar-refractivity contribution in [3.8, 4) is 0 Å². The summed E-state index contributed by atoms with van der Waals surface area (Å²) in [6, 6.07) is 7.51. The highest BCUT2D eigenvalue weighted by Crippen LogP contribution is 2.37. The molecule has 1 aromatic carbocycles. The second-order valence-corrected chi connectivity index (χ2v) is 4.72. The Labute approximate surface area is 123 Å². The molecule has 0 aliphatic rings. The molecule has 0 aliphatic heterocycles. The molecule has 114 valence electrons. The number of rotatable bonds is 3. The van der Waals surface area contributed by atoms with Crippen molar-refractivity contribution in [1.29, 1.82) is 0 Å².